The molecule has 9 aliphatic rings. The lowest BCUT2D eigenvalue weighted by molar-refractivity contribution is -0.209. The topological polar surface area (TPSA) is 52.6 Å². The van der Waals surface area contributed by atoms with Crippen molar-refractivity contribution in [1.82, 2.24) is 0 Å². The van der Waals surface area contributed by atoms with Gasteiger partial charge in [0.05, 0.1) is 11.3 Å². The molecule has 8 bridgehead atoms. The maximum atomic E-state index is 13.8. The Balaban J connectivity index is 0.980. The molecule has 0 aromatic carbocycles. The Bertz CT molecular complexity index is 912. The van der Waals surface area contributed by atoms with Crippen molar-refractivity contribution in [3.63, 3.8) is 0 Å². The molecule has 4 heteroatoms. The molecule has 0 N–H and O–H groups in total. The van der Waals surface area contributed by atoms with Crippen molar-refractivity contribution in [2.24, 2.45) is 76.4 Å². The Morgan fingerprint density at radius 3 is 2.03 bits per heavy atom. The molecule has 4 nitrogen and oxygen atoms in total. The van der Waals surface area contributed by atoms with E-state index in [1.807, 2.05) is 0 Å². The fraction of sp³-hybridized carbons (Fsp3) is 0.933. The molecule has 10 unspecified atom stereocenters. The first-order valence-corrected chi connectivity index (χ1v) is 14.7. The summed E-state index contributed by atoms with van der Waals surface area (Å²) < 4.78 is 12.8. The van der Waals surface area contributed by atoms with Crippen LogP contribution >= 0.6 is 0 Å². The fourth-order valence-electron chi connectivity index (χ4n) is 11.7. The molecule has 0 aromatic heterocycles. The summed E-state index contributed by atoms with van der Waals surface area (Å²) in [4.78, 5) is 26.6. The van der Waals surface area contributed by atoms with Gasteiger partial charge in [0.2, 0.25) is 0 Å². The zero-order valence-electron chi connectivity index (χ0n) is 21.2. The van der Waals surface area contributed by atoms with Gasteiger partial charge in [-0.15, -0.1) is 0 Å². The zero-order valence-corrected chi connectivity index (χ0v) is 21.2. The summed E-state index contributed by atoms with van der Waals surface area (Å²) in [6, 6.07) is 0. The highest BCUT2D eigenvalue weighted by Gasteiger charge is 2.68. The largest absolute Gasteiger partial charge is 0.462 e. The molecule has 0 saturated heterocycles. The highest BCUT2D eigenvalue weighted by Crippen LogP contribution is 2.70. The Hall–Kier alpha value is -1.06. The van der Waals surface area contributed by atoms with E-state index in [1.54, 1.807) is 0 Å². The molecule has 186 valence electrons. The van der Waals surface area contributed by atoms with Crippen molar-refractivity contribution in [3.05, 3.63) is 0 Å². The molecule has 34 heavy (non-hydrogen) atoms. The monoisotopic (exact) mass is 466 g/mol. The minimum Gasteiger partial charge on any atom is -0.462 e. The lowest BCUT2D eigenvalue weighted by Gasteiger charge is -2.59. The van der Waals surface area contributed by atoms with Crippen molar-refractivity contribution in [3.8, 4) is 0 Å². The van der Waals surface area contributed by atoms with E-state index in [9.17, 15) is 9.59 Å². The quantitative estimate of drug-likeness (QED) is 0.398. The van der Waals surface area contributed by atoms with Gasteiger partial charge >= 0.3 is 11.9 Å². The smallest absolute Gasteiger partial charge is 0.312 e. The highest BCUT2D eigenvalue weighted by atomic mass is 16.6. The number of fused-ring (bicyclic) bond motifs is 9. The molecule has 0 radical (unpaired) electrons. The average Bonchev–Trinajstić information content (AvgIpc) is 3.31. The van der Waals surface area contributed by atoms with Crippen LogP contribution < -0.4 is 0 Å². The van der Waals surface area contributed by atoms with Crippen molar-refractivity contribution < 1.29 is 19.1 Å². The van der Waals surface area contributed by atoms with E-state index in [4.69, 9.17) is 9.47 Å². The van der Waals surface area contributed by atoms with Gasteiger partial charge in [0, 0.05) is 0 Å². The van der Waals surface area contributed by atoms with Crippen molar-refractivity contribution in [2.75, 3.05) is 0 Å². The first-order valence-electron chi connectivity index (χ1n) is 14.7. The standard InChI is InChI=1S/C30H42O4/c1-14-13-29(14,2)28(32)33-24-12-18-11-23(24)26-21-9-17(25(18)26)10-22(21)27(31)34-30(3)19-5-15-4-16(7-19)8-20(30)6-15/h14-26H,4-13H2,1-3H3. The maximum absolute atomic E-state index is 13.8. The van der Waals surface area contributed by atoms with Crippen molar-refractivity contribution in [1.29, 1.82) is 0 Å². The van der Waals surface area contributed by atoms with E-state index in [1.165, 1.54) is 44.9 Å². The summed E-state index contributed by atoms with van der Waals surface area (Å²) in [5.41, 5.74) is -0.453. The third-order valence-electron chi connectivity index (χ3n) is 13.5. The number of ether oxygens (including phenoxy) is 2. The molecule has 9 rings (SSSR count). The lowest BCUT2D eigenvalue weighted by Crippen LogP contribution is -2.58. The summed E-state index contributed by atoms with van der Waals surface area (Å²) in [7, 11) is 0. The van der Waals surface area contributed by atoms with Gasteiger partial charge in [-0.2, -0.15) is 0 Å². The van der Waals surface area contributed by atoms with Gasteiger partial charge < -0.3 is 9.47 Å². The van der Waals surface area contributed by atoms with Gasteiger partial charge in [-0.1, -0.05) is 6.92 Å². The zero-order chi connectivity index (χ0) is 23.1. The Labute approximate surface area is 204 Å². The molecule has 0 heterocycles. The maximum Gasteiger partial charge on any atom is 0.312 e. The fourth-order valence-corrected chi connectivity index (χ4v) is 11.7. The number of hydrogen-bond acceptors (Lipinski definition) is 4. The predicted molar refractivity (Wildman–Crippen MR) is 126 cm³/mol. The summed E-state index contributed by atoms with van der Waals surface area (Å²) >= 11 is 0. The summed E-state index contributed by atoms with van der Waals surface area (Å²) in [6.07, 6.45) is 12.2. The van der Waals surface area contributed by atoms with Gasteiger partial charge in [0.15, 0.2) is 0 Å². The molecule has 10 atom stereocenters. The Morgan fingerprint density at radius 2 is 1.38 bits per heavy atom. The number of carbonyl (C=O) groups is 2. The summed E-state index contributed by atoms with van der Waals surface area (Å²) in [6.45, 7) is 6.53. The van der Waals surface area contributed by atoms with E-state index < -0.39 is 0 Å². The van der Waals surface area contributed by atoms with Crippen LogP contribution in [0.3, 0.4) is 0 Å². The van der Waals surface area contributed by atoms with Crippen LogP contribution in [0.5, 0.6) is 0 Å². The average molecular weight is 467 g/mol. The molecule has 0 spiro atoms. The minimum absolute atomic E-state index is 0.0445. The molecule has 0 aromatic rings. The van der Waals surface area contributed by atoms with Crippen LogP contribution in [-0.4, -0.2) is 23.6 Å². The van der Waals surface area contributed by atoms with Crippen molar-refractivity contribution >= 4 is 11.9 Å². The minimum atomic E-state index is -0.240. The lowest BCUT2D eigenvalue weighted by atomic mass is 9.50. The van der Waals surface area contributed by atoms with Gasteiger partial charge in [0.1, 0.15) is 11.7 Å². The third-order valence-corrected chi connectivity index (χ3v) is 13.5. The SMILES string of the molecule is CC1CC1(C)C(=O)OC1CC2CC1C1C3CC(CC3C(=O)OC3(C)C4CC5CC(C4)CC3C5)C21. The van der Waals surface area contributed by atoms with Crippen LogP contribution in [0.2, 0.25) is 0 Å². The first kappa shape index (κ1) is 21.1. The van der Waals surface area contributed by atoms with Crippen LogP contribution in [0, 0.1) is 76.4 Å². The second-order valence-corrected chi connectivity index (χ2v) is 14.9. The van der Waals surface area contributed by atoms with Gasteiger partial charge in [-0.3, -0.25) is 9.59 Å². The van der Waals surface area contributed by atoms with E-state index in [2.05, 4.69) is 20.8 Å². The van der Waals surface area contributed by atoms with Gasteiger partial charge in [-0.05, 0) is 143 Å². The Morgan fingerprint density at radius 1 is 0.765 bits per heavy atom. The molecular weight excluding hydrogens is 424 g/mol. The predicted octanol–water partition coefficient (Wildman–Crippen LogP) is 5.63. The number of rotatable bonds is 4. The van der Waals surface area contributed by atoms with Crippen LogP contribution in [0.1, 0.15) is 85.0 Å². The first-order chi connectivity index (χ1) is 16.2. The van der Waals surface area contributed by atoms with Gasteiger partial charge in [-0.25, -0.2) is 0 Å². The Kier molecular flexibility index (Phi) is 4.10. The molecular formula is C30H42O4. The van der Waals surface area contributed by atoms with Gasteiger partial charge in [0.25, 0.3) is 0 Å². The van der Waals surface area contributed by atoms with Crippen LogP contribution in [0.25, 0.3) is 0 Å². The summed E-state index contributed by atoms with van der Waals surface area (Å²) in [5, 5.41) is 0. The second kappa shape index (κ2) is 6.62. The van der Waals surface area contributed by atoms with E-state index >= 15 is 0 Å². The number of hydrogen-bond donors (Lipinski definition) is 0. The van der Waals surface area contributed by atoms with Crippen molar-refractivity contribution in [2.45, 2.75) is 96.7 Å². The molecule has 0 amide bonds. The van der Waals surface area contributed by atoms with Crippen LogP contribution in [0.4, 0.5) is 0 Å². The normalized spacial score (nSPS) is 61.6. The molecule has 9 aliphatic carbocycles. The van der Waals surface area contributed by atoms with Crippen LogP contribution in [-0.2, 0) is 19.1 Å². The van der Waals surface area contributed by atoms with Crippen LogP contribution in [0.15, 0.2) is 0 Å². The second-order valence-electron chi connectivity index (χ2n) is 14.9. The number of esters is 2. The molecule has 9 saturated carbocycles. The number of carbonyl (C=O) groups excluding carboxylic acids is 2. The van der Waals surface area contributed by atoms with E-state index in [0.717, 1.165) is 37.0 Å². The van der Waals surface area contributed by atoms with E-state index in [-0.39, 0.29) is 35.0 Å². The summed E-state index contributed by atoms with van der Waals surface area (Å²) in [5.74, 6) is 7.44. The molecule has 9 fully saturated rings. The third kappa shape index (κ3) is 2.62. The molecule has 0 aliphatic heterocycles. The highest BCUT2D eigenvalue weighted by molar-refractivity contribution is 5.80. The van der Waals surface area contributed by atoms with E-state index in [0.29, 0.717) is 47.3 Å².